The molecule has 0 atom stereocenters. The van der Waals surface area contributed by atoms with Crippen molar-refractivity contribution in [3.8, 4) is 0 Å². The van der Waals surface area contributed by atoms with Gasteiger partial charge in [0.25, 0.3) is 5.56 Å². The van der Waals surface area contributed by atoms with Gasteiger partial charge in [0.2, 0.25) is 0 Å². The number of nitrogens with two attached hydrogens (primary N) is 1. The third-order valence-corrected chi connectivity index (χ3v) is 2.86. The van der Waals surface area contributed by atoms with Crippen molar-refractivity contribution in [3.05, 3.63) is 22.2 Å². The molecule has 5 nitrogen and oxygen atoms in total. The summed E-state index contributed by atoms with van der Waals surface area (Å²) in [4.78, 5) is 20.4. The van der Waals surface area contributed by atoms with Gasteiger partial charge in [0.15, 0.2) is 0 Å². The summed E-state index contributed by atoms with van der Waals surface area (Å²) < 4.78 is 0. The van der Waals surface area contributed by atoms with Crippen LogP contribution >= 0.6 is 0 Å². The summed E-state index contributed by atoms with van der Waals surface area (Å²) in [5.74, 6) is 1.36. The zero-order valence-electron chi connectivity index (χ0n) is 10.4. The van der Waals surface area contributed by atoms with Crippen molar-refractivity contribution in [1.29, 1.82) is 0 Å². The number of aromatic amines is 1. The molecule has 0 saturated carbocycles. The first kappa shape index (κ1) is 12.7. The Labute approximate surface area is 95.7 Å². The van der Waals surface area contributed by atoms with Crippen LogP contribution in [0.5, 0.6) is 0 Å². The molecule has 0 aromatic carbocycles. The molecule has 1 rings (SSSR count). The van der Waals surface area contributed by atoms with Crippen LogP contribution in [0.3, 0.4) is 0 Å². The van der Waals surface area contributed by atoms with E-state index >= 15 is 0 Å². The number of rotatable bonds is 4. The highest BCUT2D eigenvalue weighted by Gasteiger charge is 2.23. The van der Waals surface area contributed by atoms with Gasteiger partial charge in [-0.15, -0.1) is 0 Å². The summed E-state index contributed by atoms with van der Waals surface area (Å²) in [6.07, 6.45) is 0.708. The Kier molecular flexibility index (Phi) is 3.70. The van der Waals surface area contributed by atoms with Gasteiger partial charge in [0.05, 0.1) is 0 Å². The Balaban J connectivity index is 3.13. The topological polar surface area (TPSA) is 75.0 Å². The molecule has 0 amide bonds. The smallest absolute Gasteiger partial charge is 0.252 e. The van der Waals surface area contributed by atoms with Crippen LogP contribution in [0.4, 0.5) is 5.82 Å². The van der Waals surface area contributed by atoms with Crippen LogP contribution in [0.2, 0.25) is 0 Å². The fourth-order valence-corrected chi connectivity index (χ4v) is 1.28. The van der Waals surface area contributed by atoms with Crippen molar-refractivity contribution in [2.45, 2.75) is 32.7 Å². The molecule has 5 heteroatoms. The first-order valence-corrected chi connectivity index (χ1v) is 5.45. The van der Waals surface area contributed by atoms with E-state index in [0.717, 1.165) is 0 Å². The van der Waals surface area contributed by atoms with E-state index in [1.165, 1.54) is 6.07 Å². The number of nitrogens with zero attached hydrogens (tertiary/aromatic N) is 2. The van der Waals surface area contributed by atoms with E-state index in [1.54, 1.807) is 0 Å². The summed E-state index contributed by atoms with van der Waals surface area (Å²) >= 11 is 0. The van der Waals surface area contributed by atoms with Gasteiger partial charge in [0.1, 0.15) is 11.6 Å². The number of aromatic nitrogens is 2. The van der Waals surface area contributed by atoms with E-state index in [2.05, 4.69) is 9.97 Å². The van der Waals surface area contributed by atoms with Gasteiger partial charge in [0, 0.05) is 31.6 Å². The number of hydrogen-bond acceptors (Lipinski definition) is 4. The van der Waals surface area contributed by atoms with Crippen LogP contribution in [-0.2, 0) is 6.42 Å². The minimum Gasteiger partial charge on any atom is -0.353 e. The fraction of sp³-hybridized carbons (Fsp3) is 0.636. The standard InChI is InChI=1S/C11H20N4O/c1-5-8-13-9(6-10(16)14-8)15(4)11(2,3)7-12/h6H,5,7,12H2,1-4H3,(H,13,14,16). The molecule has 1 aromatic heterocycles. The average molecular weight is 224 g/mol. The third kappa shape index (κ3) is 2.61. The fourth-order valence-electron chi connectivity index (χ4n) is 1.28. The highest BCUT2D eigenvalue weighted by molar-refractivity contribution is 5.39. The maximum Gasteiger partial charge on any atom is 0.252 e. The predicted octanol–water partition coefficient (Wildman–Crippen LogP) is 0.506. The molecule has 0 aliphatic rings. The first-order chi connectivity index (χ1) is 7.40. The summed E-state index contributed by atoms with van der Waals surface area (Å²) in [7, 11) is 1.90. The first-order valence-electron chi connectivity index (χ1n) is 5.45. The molecule has 3 N–H and O–H groups in total. The molecule has 0 aliphatic heterocycles. The van der Waals surface area contributed by atoms with Crippen LogP contribution in [0, 0.1) is 0 Å². The van der Waals surface area contributed by atoms with Gasteiger partial charge in [-0.25, -0.2) is 4.98 Å². The van der Waals surface area contributed by atoms with Crippen molar-refractivity contribution >= 4 is 5.82 Å². The summed E-state index contributed by atoms with van der Waals surface area (Å²) in [5, 5.41) is 0. The van der Waals surface area contributed by atoms with Crippen molar-refractivity contribution in [3.63, 3.8) is 0 Å². The second kappa shape index (κ2) is 4.65. The Morgan fingerprint density at radius 2 is 2.19 bits per heavy atom. The lowest BCUT2D eigenvalue weighted by atomic mass is 10.0. The molecule has 0 spiro atoms. The van der Waals surface area contributed by atoms with Gasteiger partial charge in [-0.2, -0.15) is 0 Å². The van der Waals surface area contributed by atoms with Crippen molar-refractivity contribution in [2.75, 3.05) is 18.5 Å². The Hall–Kier alpha value is -1.36. The molecular weight excluding hydrogens is 204 g/mol. The summed E-state index contributed by atoms with van der Waals surface area (Å²) in [6.45, 7) is 6.48. The normalized spacial score (nSPS) is 11.6. The Morgan fingerprint density at radius 3 is 2.69 bits per heavy atom. The van der Waals surface area contributed by atoms with Gasteiger partial charge >= 0.3 is 0 Å². The molecular formula is C11H20N4O. The number of hydrogen-bond donors (Lipinski definition) is 2. The quantitative estimate of drug-likeness (QED) is 0.781. The van der Waals surface area contributed by atoms with E-state index in [0.29, 0.717) is 24.6 Å². The van der Waals surface area contributed by atoms with Crippen LogP contribution in [0.15, 0.2) is 10.9 Å². The molecule has 90 valence electrons. The van der Waals surface area contributed by atoms with Crippen molar-refractivity contribution in [1.82, 2.24) is 9.97 Å². The highest BCUT2D eigenvalue weighted by atomic mass is 16.1. The molecule has 1 aromatic rings. The van der Waals surface area contributed by atoms with Crippen molar-refractivity contribution in [2.24, 2.45) is 5.73 Å². The molecule has 0 saturated heterocycles. The Morgan fingerprint density at radius 1 is 1.56 bits per heavy atom. The minimum atomic E-state index is -0.216. The maximum absolute atomic E-state index is 11.4. The van der Waals surface area contributed by atoms with Gasteiger partial charge in [-0.05, 0) is 13.8 Å². The van der Waals surface area contributed by atoms with Gasteiger partial charge in [-0.1, -0.05) is 6.92 Å². The molecule has 0 aliphatic carbocycles. The average Bonchev–Trinajstić information content (AvgIpc) is 2.27. The summed E-state index contributed by atoms with van der Waals surface area (Å²) in [5.41, 5.74) is 5.36. The van der Waals surface area contributed by atoms with E-state index in [-0.39, 0.29) is 11.1 Å². The molecule has 1 heterocycles. The monoisotopic (exact) mass is 224 g/mol. The van der Waals surface area contributed by atoms with Crippen LogP contribution < -0.4 is 16.2 Å². The Bertz CT molecular complexity index is 411. The van der Waals surface area contributed by atoms with E-state index < -0.39 is 0 Å². The number of H-pyrrole nitrogens is 1. The molecule has 0 radical (unpaired) electrons. The molecule has 0 bridgehead atoms. The number of likely N-dealkylation sites (N-methyl/N-ethyl adjacent to an activating group) is 1. The van der Waals surface area contributed by atoms with E-state index in [1.807, 2.05) is 32.7 Å². The lowest BCUT2D eigenvalue weighted by Gasteiger charge is -2.35. The van der Waals surface area contributed by atoms with Crippen LogP contribution in [0.25, 0.3) is 0 Å². The van der Waals surface area contributed by atoms with Gasteiger partial charge in [-0.3, -0.25) is 4.79 Å². The number of nitrogens with one attached hydrogen (secondary N) is 1. The van der Waals surface area contributed by atoms with Crippen LogP contribution in [0.1, 0.15) is 26.6 Å². The van der Waals surface area contributed by atoms with Crippen LogP contribution in [-0.4, -0.2) is 29.1 Å². The zero-order chi connectivity index (χ0) is 12.3. The lowest BCUT2D eigenvalue weighted by molar-refractivity contribution is 0.493. The maximum atomic E-state index is 11.4. The number of anilines is 1. The zero-order valence-corrected chi connectivity index (χ0v) is 10.4. The summed E-state index contributed by atoms with van der Waals surface area (Å²) in [6, 6.07) is 1.50. The number of aryl methyl sites for hydroxylation is 1. The largest absolute Gasteiger partial charge is 0.353 e. The minimum absolute atomic E-state index is 0.124. The second-order valence-electron chi connectivity index (χ2n) is 4.48. The van der Waals surface area contributed by atoms with E-state index in [9.17, 15) is 4.79 Å². The third-order valence-electron chi connectivity index (χ3n) is 2.86. The van der Waals surface area contributed by atoms with Gasteiger partial charge < -0.3 is 15.6 Å². The SMILES string of the molecule is CCc1nc(N(C)C(C)(C)CN)cc(=O)[nH]1. The predicted molar refractivity (Wildman–Crippen MR) is 65.8 cm³/mol. The second-order valence-corrected chi connectivity index (χ2v) is 4.48. The van der Waals surface area contributed by atoms with Crippen molar-refractivity contribution < 1.29 is 0 Å². The molecule has 0 fully saturated rings. The van der Waals surface area contributed by atoms with E-state index in [4.69, 9.17) is 5.73 Å². The molecule has 16 heavy (non-hydrogen) atoms. The molecule has 0 unspecified atom stereocenters. The lowest BCUT2D eigenvalue weighted by Crippen LogP contribution is -2.48. The highest BCUT2D eigenvalue weighted by Crippen LogP contribution is 2.17.